The molecule has 0 amide bonds. The van der Waals surface area contributed by atoms with Crippen molar-refractivity contribution in [2.45, 2.75) is 23.8 Å². The maximum absolute atomic E-state index is 9.78. The van der Waals surface area contributed by atoms with Gasteiger partial charge >= 0.3 is 0 Å². The van der Waals surface area contributed by atoms with E-state index in [9.17, 15) is 10.2 Å². The molecule has 0 saturated heterocycles. The van der Waals surface area contributed by atoms with Crippen molar-refractivity contribution in [3.05, 3.63) is 28.4 Å². The summed E-state index contributed by atoms with van der Waals surface area (Å²) in [4.78, 5) is 10.6. The Hall–Kier alpha value is -1.34. The molecule has 1 aromatic heterocycles. The molecule has 0 aromatic carbocycles. The number of aliphatic hydroxyl groups is 2. The zero-order chi connectivity index (χ0) is 12.7. The summed E-state index contributed by atoms with van der Waals surface area (Å²) >= 11 is 1.39. The highest BCUT2D eigenvalue weighted by molar-refractivity contribution is 7.98. The van der Waals surface area contributed by atoms with Crippen LogP contribution in [0.3, 0.4) is 0 Å². The zero-order valence-corrected chi connectivity index (χ0v) is 10.1. The topological polar surface area (TPSA) is 115 Å². The highest BCUT2D eigenvalue weighted by Crippen LogP contribution is 2.18. The van der Waals surface area contributed by atoms with Crippen LogP contribution in [-0.2, 0) is 0 Å². The standard InChI is InChI=1S/C9H13N5O2S/c1-17-9-11-4-6(5-12-9)8(16)7(15)2-3-13-14-10/h4-5,7-8,15-16H,2-3H2,1H3. The molecule has 92 valence electrons. The molecule has 2 N–H and O–H groups in total. The lowest BCUT2D eigenvalue weighted by molar-refractivity contribution is 0.0145. The minimum absolute atomic E-state index is 0.137. The molecule has 2 unspecified atom stereocenters. The minimum atomic E-state index is -1.07. The Bertz CT molecular complexity index is 393. The van der Waals surface area contributed by atoms with Crippen LogP contribution in [0.5, 0.6) is 0 Å². The number of hydrogen-bond donors (Lipinski definition) is 2. The highest BCUT2D eigenvalue weighted by Gasteiger charge is 2.18. The van der Waals surface area contributed by atoms with Crippen molar-refractivity contribution in [2.24, 2.45) is 5.11 Å². The van der Waals surface area contributed by atoms with Crippen LogP contribution in [0.2, 0.25) is 0 Å². The van der Waals surface area contributed by atoms with Gasteiger partial charge in [-0.25, -0.2) is 9.97 Å². The van der Waals surface area contributed by atoms with E-state index < -0.39 is 12.2 Å². The molecule has 1 rings (SSSR count). The summed E-state index contributed by atoms with van der Waals surface area (Å²) in [6.07, 6.45) is 2.92. The van der Waals surface area contributed by atoms with Gasteiger partial charge in [-0.2, -0.15) is 0 Å². The number of azide groups is 1. The molecule has 1 heterocycles. The van der Waals surface area contributed by atoms with Crippen molar-refractivity contribution in [3.8, 4) is 0 Å². The van der Waals surface area contributed by atoms with Gasteiger partial charge in [0.05, 0.1) is 6.10 Å². The number of hydrogen-bond acceptors (Lipinski definition) is 6. The first-order valence-electron chi connectivity index (χ1n) is 4.92. The molecular weight excluding hydrogens is 242 g/mol. The largest absolute Gasteiger partial charge is 0.390 e. The normalized spacial score (nSPS) is 13.8. The first kappa shape index (κ1) is 13.7. The Morgan fingerprint density at radius 1 is 1.47 bits per heavy atom. The molecule has 0 fully saturated rings. The van der Waals surface area contributed by atoms with Crippen molar-refractivity contribution in [1.29, 1.82) is 0 Å². The van der Waals surface area contributed by atoms with E-state index in [1.165, 1.54) is 24.2 Å². The van der Waals surface area contributed by atoms with E-state index in [0.717, 1.165) is 0 Å². The molecule has 0 aliphatic carbocycles. The number of nitrogens with zero attached hydrogens (tertiary/aromatic N) is 5. The Morgan fingerprint density at radius 2 is 2.12 bits per heavy atom. The van der Waals surface area contributed by atoms with Gasteiger partial charge in [-0.05, 0) is 18.2 Å². The van der Waals surface area contributed by atoms with Crippen LogP contribution in [0.4, 0.5) is 0 Å². The van der Waals surface area contributed by atoms with Gasteiger partial charge in [0.25, 0.3) is 0 Å². The summed E-state index contributed by atoms with van der Waals surface area (Å²) in [5.74, 6) is 0. The zero-order valence-electron chi connectivity index (χ0n) is 9.26. The van der Waals surface area contributed by atoms with Crippen molar-refractivity contribution in [1.82, 2.24) is 9.97 Å². The van der Waals surface area contributed by atoms with Crippen LogP contribution in [0, 0.1) is 0 Å². The van der Waals surface area contributed by atoms with Crippen molar-refractivity contribution in [3.63, 3.8) is 0 Å². The van der Waals surface area contributed by atoms with Crippen LogP contribution < -0.4 is 0 Å². The van der Waals surface area contributed by atoms with Gasteiger partial charge in [0.1, 0.15) is 6.10 Å². The smallest absolute Gasteiger partial charge is 0.187 e. The van der Waals surface area contributed by atoms with E-state index >= 15 is 0 Å². The molecule has 8 heteroatoms. The van der Waals surface area contributed by atoms with Crippen LogP contribution in [-0.4, -0.2) is 39.1 Å². The molecule has 0 radical (unpaired) electrons. The fourth-order valence-electron chi connectivity index (χ4n) is 1.20. The third kappa shape index (κ3) is 4.20. The van der Waals surface area contributed by atoms with E-state index in [4.69, 9.17) is 5.53 Å². The quantitative estimate of drug-likeness (QED) is 0.261. The predicted octanol–water partition coefficient (Wildman–Crippen LogP) is 1.29. The fraction of sp³-hybridized carbons (Fsp3) is 0.556. The molecule has 1 aromatic rings. The maximum Gasteiger partial charge on any atom is 0.187 e. The number of thioether (sulfide) groups is 1. The van der Waals surface area contributed by atoms with Gasteiger partial charge in [0, 0.05) is 29.4 Å². The summed E-state index contributed by atoms with van der Waals surface area (Å²) < 4.78 is 0. The molecule has 0 saturated carbocycles. The summed E-state index contributed by atoms with van der Waals surface area (Å²) in [7, 11) is 0. The molecule has 2 atom stereocenters. The third-order valence-electron chi connectivity index (χ3n) is 2.12. The first-order chi connectivity index (χ1) is 8.19. The van der Waals surface area contributed by atoms with Crippen molar-refractivity contribution < 1.29 is 10.2 Å². The molecular formula is C9H13N5O2S. The van der Waals surface area contributed by atoms with E-state index in [-0.39, 0.29) is 13.0 Å². The summed E-state index contributed by atoms with van der Waals surface area (Å²) in [6.45, 7) is 0.137. The summed E-state index contributed by atoms with van der Waals surface area (Å²) in [5.41, 5.74) is 8.53. The second kappa shape index (κ2) is 7.08. The lowest BCUT2D eigenvalue weighted by Gasteiger charge is -2.16. The first-order valence-corrected chi connectivity index (χ1v) is 6.14. The van der Waals surface area contributed by atoms with Gasteiger partial charge < -0.3 is 10.2 Å². The van der Waals surface area contributed by atoms with E-state index in [2.05, 4.69) is 20.0 Å². The Kier molecular flexibility index (Phi) is 5.71. The second-order valence-electron chi connectivity index (χ2n) is 3.26. The van der Waals surface area contributed by atoms with Crippen LogP contribution in [0.15, 0.2) is 22.7 Å². The Labute approximate surface area is 103 Å². The van der Waals surface area contributed by atoms with Gasteiger partial charge in [-0.3, -0.25) is 0 Å². The van der Waals surface area contributed by atoms with Gasteiger partial charge in [0.2, 0.25) is 0 Å². The summed E-state index contributed by atoms with van der Waals surface area (Å²) in [5, 5.41) is 23.3. The Balaban J connectivity index is 2.60. The van der Waals surface area contributed by atoms with Gasteiger partial charge in [0.15, 0.2) is 5.16 Å². The van der Waals surface area contributed by atoms with Crippen molar-refractivity contribution >= 4 is 11.8 Å². The lowest BCUT2D eigenvalue weighted by atomic mass is 10.1. The SMILES string of the molecule is CSc1ncc(C(O)C(O)CCN=[N+]=[N-])cn1. The number of aromatic nitrogens is 2. The predicted molar refractivity (Wildman–Crippen MR) is 63.4 cm³/mol. The molecule has 0 aliphatic heterocycles. The molecule has 0 bridgehead atoms. The van der Waals surface area contributed by atoms with E-state index in [1.54, 1.807) is 0 Å². The van der Waals surface area contributed by atoms with Crippen molar-refractivity contribution in [2.75, 3.05) is 12.8 Å². The van der Waals surface area contributed by atoms with Crippen LogP contribution in [0.25, 0.3) is 10.4 Å². The van der Waals surface area contributed by atoms with Gasteiger partial charge in [-0.1, -0.05) is 16.9 Å². The average Bonchev–Trinajstić information content (AvgIpc) is 2.38. The average molecular weight is 255 g/mol. The van der Waals surface area contributed by atoms with Gasteiger partial charge in [-0.15, -0.1) is 0 Å². The summed E-state index contributed by atoms with van der Waals surface area (Å²) in [6, 6.07) is 0. The molecule has 0 spiro atoms. The lowest BCUT2D eigenvalue weighted by Crippen LogP contribution is -2.19. The Morgan fingerprint density at radius 3 is 2.65 bits per heavy atom. The number of aliphatic hydroxyl groups excluding tert-OH is 2. The molecule has 7 nitrogen and oxygen atoms in total. The number of rotatable bonds is 6. The third-order valence-corrected chi connectivity index (χ3v) is 2.70. The minimum Gasteiger partial charge on any atom is -0.390 e. The monoisotopic (exact) mass is 255 g/mol. The van der Waals surface area contributed by atoms with Crippen LogP contribution >= 0.6 is 11.8 Å². The maximum atomic E-state index is 9.78. The van der Waals surface area contributed by atoms with Crippen LogP contribution in [0.1, 0.15) is 18.1 Å². The van der Waals surface area contributed by atoms with E-state index in [1.807, 2.05) is 6.26 Å². The fourth-order valence-corrected chi connectivity index (χ4v) is 1.52. The highest BCUT2D eigenvalue weighted by atomic mass is 32.2. The van der Waals surface area contributed by atoms with E-state index in [0.29, 0.717) is 10.7 Å². The molecule has 0 aliphatic rings. The molecule has 17 heavy (non-hydrogen) atoms. The second-order valence-corrected chi connectivity index (χ2v) is 4.03.